The number of hydrogen-bond acceptors (Lipinski definition) is 2. The van der Waals surface area contributed by atoms with Gasteiger partial charge in [0.25, 0.3) is 0 Å². The smallest absolute Gasteiger partial charge is 0.224 e. The van der Waals surface area contributed by atoms with E-state index in [2.05, 4.69) is 5.32 Å². The van der Waals surface area contributed by atoms with E-state index in [4.69, 9.17) is 5.26 Å². The topological polar surface area (TPSA) is 52.9 Å². The van der Waals surface area contributed by atoms with Crippen LogP contribution in [-0.2, 0) is 4.79 Å². The third kappa shape index (κ3) is 3.82. The van der Waals surface area contributed by atoms with Crippen LogP contribution in [0.3, 0.4) is 0 Å². The molecule has 0 heterocycles. The fraction of sp³-hybridized carbons (Fsp3) is 0.333. The minimum Gasteiger partial charge on any atom is -0.326 e. The van der Waals surface area contributed by atoms with Gasteiger partial charge in [-0.3, -0.25) is 4.79 Å². The fourth-order valence-electron chi connectivity index (χ4n) is 1.25. The first-order valence-corrected chi connectivity index (χ1v) is 4.92. The summed E-state index contributed by atoms with van der Waals surface area (Å²) in [6, 6.07) is 8.93. The summed E-state index contributed by atoms with van der Waals surface area (Å²) in [7, 11) is 0. The second kappa shape index (κ2) is 5.16. The highest BCUT2D eigenvalue weighted by atomic mass is 16.1. The lowest BCUT2D eigenvalue weighted by atomic mass is 10.1. The van der Waals surface area contributed by atoms with Crippen molar-refractivity contribution in [3.05, 3.63) is 29.8 Å². The molecular weight excluding hydrogens is 188 g/mol. The van der Waals surface area contributed by atoms with Crippen molar-refractivity contribution in [3.63, 3.8) is 0 Å². The number of nitrogens with one attached hydrogen (secondary N) is 1. The Kier molecular flexibility index (Phi) is 3.87. The highest BCUT2D eigenvalue weighted by molar-refractivity contribution is 5.90. The van der Waals surface area contributed by atoms with Crippen LogP contribution >= 0.6 is 0 Å². The van der Waals surface area contributed by atoms with Crippen molar-refractivity contribution in [1.82, 2.24) is 0 Å². The van der Waals surface area contributed by atoms with Crippen molar-refractivity contribution in [1.29, 1.82) is 5.26 Å². The summed E-state index contributed by atoms with van der Waals surface area (Å²) in [4.78, 5) is 11.4. The van der Waals surface area contributed by atoms with Gasteiger partial charge in [0.15, 0.2) is 0 Å². The Morgan fingerprint density at radius 2 is 2.27 bits per heavy atom. The van der Waals surface area contributed by atoms with Gasteiger partial charge in [0.1, 0.15) is 0 Å². The number of carbonyl (C=O) groups is 1. The molecule has 3 nitrogen and oxygen atoms in total. The van der Waals surface area contributed by atoms with Crippen molar-refractivity contribution in [2.24, 2.45) is 5.92 Å². The molecule has 1 aromatic rings. The van der Waals surface area contributed by atoms with Crippen LogP contribution in [0.2, 0.25) is 0 Å². The van der Waals surface area contributed by atoms with Gasteiger partial charge in [0.05, 0.1) is 11.6 Å². The summed E-state index contributed by atoms with van der Waals surface area (Å²) < 4.78 is 0. The molecule has 0 saturated carbocycles. The number of amides is 1. The average Bonchev–Trinajstić information content (AvgIpc) is 2.16. The summed E-state index contributed by atoms with van der Waals surface area (Å²) in [6.07, 6.45) is 0.497. The first kappa shape index (κ1) is 11.3. The minimum absolute atomic E-state index is 0.0138. The van der Waals surface area contributed by atoms with Gasteiger partial charge in [-0.15, -0.1) is 0 Å². The van der Waals surface area contributed by atoms with Crippen LogP contribution in [0.5, 0.6) is 0 Å². The Bertz CT molecular complexity index is 391. The lowest BCUT2D eigenvalue weighted by Gasteiger charge is -2.06. The van der Waals surface area contributed by atoms with E-state index in [0.29, 0.717) is 23.6 Å². The molecule has 3 heteroatoms. The fourth-order valence-corrected chi connectivity index (χ4v) is 1.25. The molecule has 0 spiro atoms. The molecule has 0 radical (unpaired) electrons. The lowest BCUT2D eigenvalue weighted by Crippen LogP contribution is -2.13. The van der Waals surface area contributed by atoms with Crippen LogP contribution in [-0.4, -0.2) is 5.91 Å². The van der Waals surface area contributed by atoms with Crippen LogP contribution in [0.25, 0.3) is 0 Å². The van der Waals surface area contributed by atoms with Crippen molar-refractivity contribution in [2.45, 2.75) is 20.3 Å². The summed E-state index contributed by atoms with van der Waals surface area (Å²) in [6.45, 7) is 3.98. The van der Waals surface area contributed by atoms with Crippen molar-refractivity contribution in [3.8, 4) is 6.07 Å². The van der Waals surface area contributed by atoms with Crippen LogP contribution in [0.15, 0.2) is 24.3 Å². The zero-order valence-electron chi connectivity index (χ0n) is 8.95. The number of nitrogens with zero attached hydrogens (tertiary/aromatic N) is 1. The third-order valence-corrected chi connectivity index (χ3v) is 1.87. The molecule has 0 atom stereocenters. The largest absolute Gasteiger partial charge is 0.326 e. The van der Waals surface area contributed by atoms with Gasteiger partial charge in [0, 0.05) is 12.1 Å². The number of anilines is 1. The minimum atomic E-state index is -0.0138. The van der Waals surface area contributed by atoms with E-state index in [1.54, 1.807) is 24.3 Å². The molecule has 0 aromatic heterocycles. The van der Waals surface area contributed by atoms with E-state index in [1.165, 1.54) is 0 Å². The highest BCUT2D eigenvalue weighted by Crippen LogP contribution is 2.11. The molecule has 0 aliphatic heterocycles. The molecule has 0 unspecified atom stereocenters. The molecule has 15 heavy (non-hydrogen) atoms. The average molecular weight is 202 g/mol. The molecule has 0 aliphatic carbocycles. The second-order valence-corrected chi connectivity index (χ2v) is 3.84. The van der Waals surface area contributed by atoms with Gasteiger partial charge < -0.3 is 5.32 Å². The summed E-state index contributed by atoms with van der Waals surface area (Å²) >= 11 is 0. The molecule has 78 valence electrons. The number of benzene rings is 1. The lowest BCUT2D eigenvalue weighted by molar-refractivity contribution is -0.116. The first-order valence-electron chi connectivity index (χ1n) is 4.92. The van der Waals surface area contributed by atoms with E-state index in [9.17, 15) is 4.79 Å². The van der Waals surface area contributed by atoms with Gasteiger partial charge in [-0.05, 0) is 24.1 Å². The normalized spacial score (nSPS) is 9.73. The SMILES string of the molecule is CC(C)CC(=O)Nc1cccc(C#N)c1. The monoisotopic (exact) mass is 202 g/mol. The standard InChI is InChI=1S/C12H14N2O/c1-9(2)6-12(15)14-11-5-3-4-10(7-11)8-13/h3-5,7,9H,6H2,1-2H3,(H,14,15). The van der Waals surface area contributed by atoms with E-state index in [-0.39, 0.29) is 5.91 Å². The number of carbonyl (C=O) groups excluding carboxylic acids is 1. The molecule has 0 aliphatic rings. The number of rotatable bonds is 3. The van der Waals surface area contributed by atoms with E-state index in [1.807, 2.05) is 19.9 Å². The molecule has 1 amide bonds. The van der Waals surface area contributed by atoms with E-state index < -0.39 is 0 Å². The van der Waals surface area contributed by atoms with E-state index in [0.717, 1.165) is 0 Å². The van der Waals surface area contributed by atoms with E-state index >= 15 is 0 Å². The predicted octanol–water partition coefficient (Wildman–Crippen LogP) is 2.54. The van der Waals surface area contributed by atoms with Gasteiger partial charge in [-0.2, -0.15) is 5.26 Å². The molecule has 1 N–H and O–H groups in total. The van der Waals surface area contributed by atoms with Crippen LogP contribution in [0.1, 0.15) is 25.8 Å². The van der Waals surface area contributed by atoms with Crippen molar-refractivity contribution < 1.29 is 4.79 Å². The molecule has 0 saturated heterocycles. The zero-order valence-corrected chi connectivity index (χ0v) is 8.95. The maximum atomic E-state index is 11.4. The molecule has 1 rings (SSSR count). The summed E-state index contributed by atoms with van der Waals surface area (Å²) in [5, 5.41) is 11.4. The van der Waals surface area contributed by atoms with Crippen LogP contribution in [0.4, 0.5) is 5.69 Å². The Balaban J connectivity index is 2.65. The summed E-state index contributed by atoms with van der Waals surface area (Å²) in [5.41, 5.74) is 1.23. The molecular formula is C12H14N2O. The Morgan fingerprint density at radius 3 is 2.87 bits per heavy atom. The predicted molar refractivity (Wildman–Crippen MR) is 59.2 cm³/mol. The number of hydrogen-bond donors (Lipinski definition) is 1. The Labute approximate surface area is 89.7 Å². The number of nitriles is 1. The highest BCUT2D eigenvalue weighted by Gasteiger charge is 2.05. The molecule has 0 bridgehead atoms. The van der Waals surface area contributed by atoms with Gasteiger partial charge in [-0.1, -0.05) is 19.9 Å². The van der Waals surface area contributed by atoms with Crippen LogP contribution < -0.4 is 5.32 Å². The third-order valence-electron chi connectivity index (χ3n) is 1.87. The maximum absolute atomic E-state index is 11.4. The molecule has 1 aromatic carbocycles. The Morgan fingerprint density at radius 1 is 1.53 bits per heavy atom. The van der Waals surface area contributed by atoms with Crippen molar-refractivity contribution in [2.75, 3.05) is 5.32 Å². The quantitative estimate of drug-likeness (QED) is 0.818. The second-order valence-electron chi connectivity index (χ2n) is 3.84. The van der Waals surface area contributed by atoms with Gasteiger partial charge in [-0.25, -0.2) is 0 Å². The summed E-state index contributed by atoms with van der Waals surface area (Å²) in [5.74, 6) is 0.323. The van der Waals surface area contributed by atoms with Gasteiger partial charge in [0.2, 0.25) is 5.91 Å². The first-order chi connectivity index (χ1) is 7.11. The zero-order chi connectivity index (χ0) is 11.3. The Hall–Kier alpha value is -1.82. The maximum Gasteiger partial charge on any atom is 0.224 e. The van der Waals surface area contributed by atoms with Crippen molar-refractivity contribution >= 4 is 11.6 Å². The van der Waals surface area contributed by atoms with Crippen LogP contribution in [0, 0.1) is 17.2 Å². The van der Waals surface area contributed by atoms with Gasteiger partial charge >= 0.3 is 0 Å². The molecule has 0 fully saturated rings.